The molecule has 2 N–H and O–H groups in total. The van der Waals surface area contributed by atoms with Crippen LogP contribution in [-0.4, -0.2) is 57.3 Å². The fourth-order valence-corrected chi connectivity index (χ4v) is 3.85. The van der Waals surface area contributed by atoms with Crippen LogP contribution in [0.25, 0.3) is 0 Å². The second kappa shape index (κ2) is 7.41. The lowest BCUT2D eigenvalue weighted by Gasteiger charge is -2.47. The fourth-order valence-electron chi connectivity index (χ4n) is 3.51. The second-order valence-electron chi connectivity index (χ2n) is 7.26. The molecule has 1 fully saturated rings. The van der Waals surface area contributed by atoms with Crippen LogP contribution in [-0.2, 0) is 14.3 Å². The third-order valence-corrected chi connectivity index (χ3v) is 4.93. The van der Waals surface area contributed by atoms with Gasteiger partial charge in [0, 0.05) is 6.92 Å². The molecule has 8 nitrogen and oxygen atoms in total. The predicted octanol–water partition coefficient (Wildman–Crippen LogP) is 2.83. The predicted molar refractivity (Wildman–Crippen MR) is 97.9 cm³/mol. The number of carboxylic acid groups (broad SMARTS) is 1. The second-order valence-corrected chi connectivity index (χ2v) is 8.07. The van der Waals surface area contributed by atoms with Crippen LogP contribution in [0.15, 0.2) is 22.8 Å². The maximum atomic E-state index is 14.8. The minimum atomic E-state index is -1.99. The number of hydrogen-bond acceptors (Lipinski definition) is 5. The zero-order valence-corrected chi connectivity index (χ0v) is 16.9. The lowest BCUT2D eigenvalue weighted by atomic mass is 9.69. The highest BCUT2D eigenvalue weighted by molar-refractivity contribution is 9.10. The highest BCUT2D eigenvalue weighted by Gasteiger charge is 2.68. The molecule has 0 saturated carbocycles. The van der Waals surface area contributed by atoms with Crippen molar-refractivity contribution in [2.45, 2.75) is 45.5 Å². The van der Waals surface area contributed by atoms with Crippen molar-refractivity contribution in [2.75, 3.05) is 11.9 Å². The molecule has 10 heteroatoms. The van der Waals surface area contributed by atoms with Gasteiger partial charge >= 0.3 is 12.1 Å². The lowest BCUT2D eigenvalue weighted by molar-refractivity contribution is -0.163. The Morgan fingerprint density at radius 1 is 1.41 bits per heavy atom. The van der Waals surface area contributed by atoms with Crippen molar-refractivity contribution in [3.05, 3.63) is 22.8 Å². The topological polar surface area (TPSA) is 109 Å². The summed E-state index contributed by atoms with van der Waals surface area (Å²) in [4.78, 5) is 41.5. The summed E-state index contributed by atoms with van der Waals surface area (Å²) in [7, 11) is 0. The van der Waals surface area contributed by atoms with Crippen LogP contribution in [0.4, 0.5) is 15.0 Å². The number of likely N-dealkylation sites (tertiary alicyclic amines) is 1. The molecule has 1 aliphatic heterocycles. The van der Waals surface area contributed by atoms with Crippen molar-refractivity contribution in [3.8, 4) is 0 Å². The SMILES string of the molecule is CC(=O)O[C@@H]1[C@@H](F)CN(C(=O)O)[C@@]1(C(=O)Nc1cccc(Br)n1)C(C)(C)C. The summed E-state index contributed by atoms with van der Waals surface area (Å²) in [5.74, 6) is -1.49. The van der Waals surface area contributed by atoms with Gasteiger partial charge in [-0.1, -0.05) is 26.8 Å². The van der Waals surface area contributed by atoms with Crippen LogP contribution in [0.5, 0.6) is 0 Å². The van der Waals surface area contributed by atoms with Gasteiger partial charge in [0.1, 0.15) is 10.4 Å². The molecule has 1 aromatic rings. The summed E-state index contributed by atoms with van der Waals surface area (Å²) in [5.41, 5.74) is -3.10. The third-order valence-electron chi connectivity index (χ3n) is 4.49. The Hall–Kier alpha value is -2.23. The average molecular weight is 446 g/mol. The van der Waals surface area contributed by atoms with Gasteiger partial charge in [-0.05, 0) is 33.5 Å². The first-order valence-corrected chi connectivity index (χ1v) is 8.96. The minimum absolute atomic E-state index is 0.146. The molecular formula is C17H21BrFN3O5. The molecule has 148 valence electrons. The summed E-state index contributed by atoms with van der Waals surface area (Å²) in [6.07, 6.45) is -4.94. The molecule has 1 saturated heterocycles. The number of nitrogens with one attached hydrogen (secondary N) is 1. The summed E-state index contributed by atoms with van der Waals surface area (Å²) < 4.78 is 20.3. The van der Waals surface area contributed by atoms with Gasteiger partial charge in [0.2, 0.25) is 0 Å². The number of ether oxygens (including phenoxy) is 1. The molecule has 1 aliphatic rings. The molecule has 27 heavy (non-hydrogen) atoms. The fraction of sp³-hybridized carbons (Fsp3) is 0.529. The number of hydrogen-bond donors (Lipinski definition) is 2. The van der Waals surface area contributed by atoms with Crippen molar-refractivity contribution < 1.29 is 28.6 Å². The normalized spacial score (nSPS) is 25.2. The summed E-state index contributed by atoms with van der Waals surface area (Å²) in [5, 5.41) is 12.2. The van der Waals surface area contributed by atoms with Crippen molar-refractivity contribution in [1.29, 1.82) is 0 Å². The van der Waals surface area contributed by atoms with E-state index in [1.807, 2.05) is 0 Å². The number of anilines is 1. The average Bonchev–Trinajstić information content (AvgIpc) is 2.80. The van der Waals surface area contributed by atoms with Crippen LogP contribution in [0.2, 0.25) is 0 Å². The molecule has 0 radical (unpaired) electrons. The molecule has 0 aliphatic carbocycles. The highest BCUT2D eigenvalue weighted by atomic mass is 79.9. The Balaban J connectivity index is 2.60. The van der Waals surface area contributed by atoms with Crippen LogP contribution >= 0.6 is 15.9 Å². The molecule has 1 aromatic heterocycles. The van der Waals surface area contributed by atoms with E-state index in [9.17, 15) is 23.9 Å². The molecular weight excluding hydrogens is 425 g/mol. The van der Waals surface area contributed by atoms with Gasteiger partial charge in [0.05, 0.1) is 6.54 Å². The first-order valence-electron chi connectivity index (χ1n) is 8.17. The summed E-state index contributed by atoms with van der Waals surface area (Å²) in [6, 6.07) is 4.78. The van der Waals surface area contributed by atoms with Crippen LogP contribution in [0.3, 0.4) is 0 Å². The Labute approximate surface area is 164 Å². The number of aromatic nitrogens is 1. The zero-order chi connectivity index (χ0) is 20.6. The van der Waals surface area contributed by atoms with Gasteiger partial charge in [-0.3, -0.25) is 14.5 Å². The van der Waals surface area contributed by atoms with E-state index in [4.69, 9.17) is 4.74 Å². The molecule has 2 rings (SSSR count). The van der Waals surface area contributed by atoms with Gasteiger partial charge in [0.15, 0.2) is 17.8 Å². The molecule has 3 atom stereocenters. The highest BCUT2D eigenvalue weighted by Crippen LogP contribution is 2.47. The van der Waals surface area contributed by atoms with Crippen LogP contribution in [0.1, 0.15) is 27.7 Å². The Kier molecular flexibility index (Phi) is 5.79. The van der Waals surface area contributed by atoms with Crippen LogP contribution < -0.4 is 5.32 Å². The summed E-state index contributed by atoms with van der Waals surface area (Å²) in [6.45, 7) is 5.25. The number of amides is 2. The van der Waals surface area contributed by atoms with Gasteiger partial charge in [-0.25, -0.2) is 14.2 Å². The number of pyridine rings is 1. The quantitative estimate of drug-likeness (QED) is 0.546. The Morgan fingerprint density at radius 3 is 2.52 bits per heavy atom. The van der Waals surface area contributed by atoms with E-state index in [0.717, 1.165) is 6.92 Å². The molecule has 0 unspecified atom stereocenters. The first kappa shape index (κ1) is 21.1. The monoisotopic (exact) mass is 445 g/mol. The number of carbonyl (C=O) groups is 3. The smallest absolute Gasteiger partial charge is 0.408 e. The molecule has 2 heterocycles. The molecule has 2 amide bonds. The molecule has 0 spiro atoms. The van der Waals surface area contributed by atoms with E-state index >= 15 is 0 Å². The third kappa shape index (κ3) is 3.76. The van der Waals surface area contributed by atoms with E-state index in [2.05, 4.69) is 26.2 Å². The van der Waals surface area contributed by atoms with Gasteiger partial charge in [-0.2, -0.15) is 0 Å². The van der Waals surface area contributed by atoms with Gasteiger partial charge < -0.3 is 15.2 Å². The van der Waals surface area contributed by atoms with E-state index in [-0.39, 0.29) is 5.82 Å². The number of alkyl halides is 1. The van der Waals surface area contributed by atoms with Crippen LogP contribution in [0, 0.1) is 5.41 Å². The van der Waals surface area contributed by atoms with E-state index in [1.165, 1.54) is 6.07 Å². The maximum absolute atomic E-state index is 14.8. The van der Waals surface area contributed by atoms with E-state index in [0.29, 0.717) is 9.50 Å². The number of halogens is 2. The Morgan fingerprint density at radius 2 is 2.04 bits per heavy atom. The van der Waals surface area contributed by atoms with E-state index < -0.39 is 47.7 Å². The molecule has 0 aromatic carbocycles. The van der Waals surface area contributed by atoms with Gasteiger partial charge in [0.25, 0.3) is 5.91 Å². The standard InChI is InChI=1S/C17H21BrFN3O5/c1-9(23)27-13-10(19)8-22(15(25)26)17(13,16(2,3)4)14(24)21-12-7-5-6-11(18)20-12/h5-7,10,13H,8H2,1-4H3,(H,25,26)(H,20,21,24)/t10-,13+,17-/m0/s1. The number of rotatable bonds is 3. The summed E-state index contributed by atoms with van der Waals surface area (Å²) >= 11 is 3.18. The Bertz CT molecular complexity index is 769. The van der Waals surface area contributed by atoms with Crippen molar-refractivity contribution in [3.63, 3.8) is 0 Å². The lowest BCUT2D eigenvalue weighted by Crippen LogP contribution is -2.68. The minimum Gasteiger partial charge on any atom is -0.465 e. The first-order chi connectivity index (χ1) is 12.4. The number of carbonyl (C=O) groups excluding carboxylic acids is 2. The maximum Gasteiger partial charge on any atom is 0.408 e. The van der Waals surface area contributed by atoms with Crippen molar-refractivity contribution in [2.24, 2.45) is 5.41 Å². The van der Waals surface area contributed by atoms with Crippen molar-refractivity contribution in [1.82, 2.24) is 9.88 Å². The zero-order valence-electron chi connectivity index (χ0n) is 15.3. The van der Waals surface area contributed by atoms with E-state index in [1.54, 1.807) is 32.9 Å². The number of esters is 1. The largest absolute Gasteiger partial charge is 0.465 e. The number of nitrogens with zero attached hydrogens (tertiary/aromatic N) is 2. The van der Waals surface area contributed by atoms with Crippen molar-refractivity contribution >= 4 is 39.7 Å². The van der Waals surface area contributed by atoms with Gasteiger partial charge in [-0.15, -0.1) is 0 Å². The molecule has 0 bridgehead atoms.